The zero-order chi connectivity index (χ0) is 13.1. The third kappa shape index (κ3) is 3.34. The normalized spacial score (nSPS) is 22.9. The van der Waals surface area contributed by atoms with E-state index in [-0.39, 0.29) is 12.0 Å². The molecule has 1 saturated carbocycles. The number of likely N-dealkylation sites (tertiary alicyclic amines) is 1. The van der Waals surface area contributed by atoms with Gasteiger partial charge in [-0.25, -0.2) is 0 Å². The Kier molecular flexibility index (Phi) is 3.49. The van der Waals surface area contributed by atoms with Crippen molar-refractivity contribution < 1.29 is 9.53 Å². The van der Waals surface area contributed by atoms with Crippen LogP contribution in [0.1, 0.15) is 19.3 Å². The molecular formula is C15H18N2O2. The topological polar surface area (TPSA) is 42.4 Å². The summed E-state index contributed by atoms with van der Waals surface area (Å²) in [7, 11) is 0. The first-order valence-corrected chi connectivity index (χ1v) is 6.85. The van der Waals surface area contributed by atoms with E-state index in [2.05, 4.69) is 4.98 Å². The van der Waals surface area contributed by atoms with Gasteiger partial charge in [0.25, 0.3) is 0 Å². The lowest BCUT2D eigenvalue weighted by molar-refractivity contribution is -0.125. The summed E-state index contributed by atoms with van der Waals surface area (Å²) in [5.74, 6) is 1.59. The van der Waals surface area contributed by atoms with Crippen LogP contribution in [-0.4, -0.2) is 35.0 Å². The van der Waals surface area contributed by atoms with Crippen molar-refractivity contribution in [3.05, 3.63) is 36.7 Å². The van der Waals surface area contributed by atoms with Crippen LogP contribution < -0.4 is 4.74 Å². The van der Waals surface area contributed by atoms with Gasteiger partial charge >= 0.3 is 0 Å². The summed E-state index contributed by atoms with van der Waals surface area (Å²) in [6.45, 7) is 1.46. The first-order chi connectivity index (χ1) is 9.31. The molecule has 0 radical (unpaired) electrons. The first-order valence-electron chi connectivity index (χ1n) is 6.85. The Morgan fingerprint density at radius 3 is 2.84 bits per heavy atom. The van der Waals surface area contributed by atoms with E-state index in [1.54, 1.807) is 18.5 Å². The van der Waals surface area contributed by atoms with E-state index in [1.807, 2.05) is 23.1 Å². The Bertz CT molecular complexity index is 468. The quantitative estimate of drug-likeness (QED) is 0.776. The molecular weight excluding hydrogens is 240 g/mol. The molecule has 0 N–H and O–H groups in total. The van der Waals surface area contributed by atoms with Crippen LogP contribution in [0.25, 0.3) is 0 Å². The molecule has 2 fully saturated rings. The van der Waals surface area contributed by atoms with Gasteiger partial charge in [-0.3, -0.25) is 9.78 Å². The number of hydrogen-bond acceptors (Lipinski definition) is 3. The number of ether oxygens (including phenoxy) is 1. The molecule has 1 aliphatic carbocycles. The second-order valence-electron chi connectivity index (χ2n) is 5.19. The van der Waals surface area contributed by atoms with Gasteiger partial charge in [-0.05, 0) is 37.0 Å². The van der Waals surface area contributed by atoms with Gasteiger partial charge in [0.05, 0.1) is 6.54 Å². The Labute approximate surface area is 113 Å². The summed E-state index contributed by atoms with van der Waals surface area (Å²) in [5, 5.41) is 0. The standard InChI is InChI=1S/C15H18N2O2/c18-15(4-3-12-1-2-12)17-10-7-14(11-17)19-13-5-8-16-9-6-13/h3-6,8-9,12,14H,1-2,7,10-11H2/b4-3+/t14-/m1/s1. The Morgan fingerprint density at radius 2 is 2.11 bits per heavy atom. The second-order valence-corrected chi connectivity index (χ2v) is 5.19. The van der Waals surface area contributed by atoms with Crippen LogP contribution in [0.4, 0.5) is 0 Å². The highest BCUT2D eigenvalue weighted by atomic mass is 16.5. The fourth-order valence-corrected chi connectivity index (χ4v) is 2.25. The number of hydrogen-bond donors (Lipinski definition) is 0. The molecule has 2 aliphatic rings. The highest BCUT2D eigenvalue weighted by Crippen LogP contribution is 2.30. The SMILES string of the molecule is O=C(/C=C/C1CC1)N1CC[C@@H](Oc2ccncc2)C1. The Balaban J connectivity index is 1.50. The van der Waals surface area contributed by atoms with Gasteiger partial charge in [0.1, 0.15) is 11.9 Å². The molecule has 1 aromatic heterocycles. The van der Waals surface area contributed by atoms with E-state index < -0.39 is 0 Å². The third-order valence-corrected chi connectivity index (χ3v) is 3.54. The van der Waals surface area contributed by atoms with Crippen molar-refractivity contribution >= 4 is 5.91 Å². The molecule has 0 bridgehead atoms. The second kappa shape index (κ2) is 5.43. The predicted molar refractivity (Wildman–Crippen MR) is 71.7 cm³/mol. The van der Waals surface area contributed by atoms with Crippen molar-refractivity contribution in [3.8, 4) is 5.75 Å². The lowest BCUT2D eigenvalue weighted by Gasteiger charge is -2.15. The summed E-state index contributed by atoms with van der Waals surface area (Å²) in [4.78, 5) is 17.8. The average Bonchev–Trinajstić information content (AvgIpc) is 3.16. The predicted octanol–water partition coefficient (Wildman–Crippen LogP) is 2.03. The van der Waals surface area contributed by atoms with Gasteiger partial charge in [-0.2, -0.15) is 0 Å². The van der Waals surface area contributed by atoms with Gasteiger partial charge in [0.15, 0.2) is 0 Å². The van der Waals surface area contributed by atoms with Crippen LogP contribution in [0.2, 0.25) is 0 Å². The number of amides is 1. The summed E-state index contributed by atoms with van der Waals surface area (Å²) < 4.78 is 5.84. The largest absolute Gasteiger partial charge is 0.488 e. The number of carbonyl (C=O) groups excluding carboxylic acids is 1. The number of nitrogens with zero attached hydrogens (tertiary/aromatic N) is 2. The molecule has 0 aromatic carbocycles. The minimum atomic E-state index is 0.0978. The summed E-state index contributed by atoms with van der Waals surface area (Å²) in [6, 6.07) is 3.69. The molecule has 0 spiro atoms. The molecule has 1 aromatic rings. The zero-order valence-electron chi connectivity index (χ0n) is 10.9. The molecule has 1 aliphatic heterocycles. The van der Waals surface area contributed by atoms with E-state index >= 15 is 0 Å². The maximum atomic E-state index is 11.9. The fraction of sp³-hybridized carbons (Fsp3) is 0.467. The smallest absolute Gasteiger partial charge is 0.246 e. The number of allylic oxidation sites excluding steroid dienone is 1. The van der Waals surface area contributed by atoms with E-state index in [0.29, 0.717) is 12.5 Å². The van der Waals surface area contributed by atoms with Gasteiger partial charge in [-0.1, -0.05) is 6.08 Å². The van der Waals surface area contributed by atoms with Crippen molar-refractivity contribution in [2.45, 2.75) is 25.4 Å². The highest BCUT2D eigenvalue weighted by Gasteiger charge is 2.27. The Hall–Kier alpha value is -1.84. The van der Waals surface area contributed by atoms with Crippen molar-refractivity contribution in [3.63, 3.8) is 0 Å². The van der Waals surface area contributed by atoms with E-state index in [0.717, 1.165) is 18.7 Å². The molecule has 1 amide bonds. The number of rotatable bonds is 4. The number of pyridine rings is 1. The fourth-order valence-electron chi connectivity index (χ4n) is 2.25. The van der Waals surface area contributed by atoms with Crippen LogP contribution in [0.15, 0.2) is 36.7 Å². The summed E-state index contributed by atoms with van der Waals surface area (Å²) in [5.41, 5.74) is 0. The van der Waals surface area contributed by atoms with E-state index in [1.165, 1.54) is 12.8 Å². The molecule has 3 rings (SSSR count). The molecule has 0 unspecified atom stereocenters. The molecule has 100 valence electrons. The highest BCUT2D eigenvalue weighted by molar-refractivity contribution is 5.87. The van der Waals surface area contributed by atoms with Crippen LogP contribution in [0.5, 0.6) is 5.75 Å². The molecule has 1 atom stereocenters. The minimum Gasteiger partial charge on any atom is -0.488 e. The van der Waals surface area contributed by atoms with Crippen molar-refractivity contribution in [2.24, 2.45) is 5.92 Å². The first kappa shape index (κ1) is 12.2. The van der Waals surface area contributed by atoms with Crippen molar-refractivity contribution in [1.82, 2.24) is 9.88 Å². The molecule has 4 heteroatoms. The van der Waals surface area contributed by atoms with Gasteiger partial charge < -0.3 is 9.64 Å². The molecule has 1 saturated heterocycles. The van der Waals surface area contributed by atoms with Crippen molar-refractivity contribution in [2.75, 3.05) is 13.1 Å². The average molecular weight is 258 g/mol. The third-order valence-electron chi connectivity index (χ3n) is 3.54. The molecule has 2 heterocycles. The van der Waals surface area contributed by atoms with E-state index in [9.17, 15) is 4.79 Å². The maximum Gasteiger partial charge on any atom is 0.246 e. The van der Waals surface area contributed by atoms with E-state index in [4.69, 9.17) is 4.74 Å². The number of aromatic nitrogens is 1. The monoisotopic (exact) mass is 258 g/mol. The Morgan fingerprint density at radius 1 is 1.32 bits per heavy atom. The molecule has 19 heavy (non-hydrogen) atoms. The maximum absolute atomic E-state index is 11.9. The summed E-state index contributed by atoms with van der Waals surface area (Å²) >= 11 is 0. The van der Waals surface area contributed by atoms with Gasteiger partial charge in [0, 0.05) is 25.4 Å². The minimum absolute atomic E-state index is 0.0978. The van der Waals surface area contributed by atoms with Gasteiger partial charge in [0.2, 0.25) is 5.91 Å². The zero-order valence-corrected chi connectivity index (χ0v) is 10.9. The lowest BCUT2D eigenvalue weighted by Crippen LogP contribution is -2.29. The van der Waals surface area contributed by atoms with Crippen LogP contribution in [0, 0.1) is 5.92 Å². The summed E-state index contributed by atoms with van der Waals surface area (Å²) in [6.07, 6.45) is 10.7. The number of carbonyl (C=O) groups is 1. The van der Waals surface area contributed by atoms with Crippen LogP contribution in [-0.2, 0) is 4.79 Å². The van der Waals surface area contributed by atoms with Crippen LogP contribution in [0.3, 0.4) is 0 Å². The van der Waals surface area contributed by atoms with Crippen molar-refractivity contribution in [1.29, 1.82) is 0 Å². The van der Waals surface area contributed by atoms with Gasteiger partial charge in [-0.15, -0.1) is 0 Å². The lowest BCUT2D eigenvalue weighted by atomic mass is 10.3. The molecule has 4 nitrogen and oxygen atoms in total. The van der Waals surface area contributed by atoms with Crippen LogP contribution >= 0.6 is 0 Å².